The van der Waals surface area contributed by atoms with E-state index in [0.29, 0.717) is 0 Å². The molecular formula is C11H16N4OS. The lowest BCUT2D eigenvalue weighted by Crippen LogP contribution is -2.02. The van der Waals surface area contributed by atoms with Crippen molar-refractivity contribution in [2.24, 2.45) is 0 Å². The van der Waals surface area contributed by atoms with Gasteiger partial charge in [0.1, 0.15) is 6.10 Å². The molecule has 92 valence electrons. The van der Waals surface area contributed by atoms with Gasteiger partial charge in [0.2, 0.25) is 0 Å². The second kappa shape index (κ2) is 4.93. The van der Waals surface area contributed by atoms with Gasteiger partial charge in [0.05, 0.1) is 16.8 Å². The van der Waals surface area contributed by atoms with Crippen molar-refractivity contribution in [3.05, 3.63) is 28.5 Å². The van der Waals surface area contributed by atoms with Gasteiger partial charge in [-0.15, -0.1) is 5.10 Å². The molecule has 17 heavy (non-hydrogen) atoms. The maximum atomic E-state index is 10.3. The average Bonchev–Trinajstić information content (AvgIpc) is 2.97. The van der Waals surface area contributed by atoms with Gasteiger partial charge >= 0.3 is 0 Å². The summed E-state index contributed by atoms with van der Waals surface area (Å²) in [6.07, 6.45) is 2.87. The first-order chi connectivity index (χ1) is 8.13. The Morgan fingerprint density at radius 2 is 2.24 bits per heavy atom. The summed E-state index contributed by atoms with van der Waals surface area (Å²) in [5.41, 5.74) is 1.66. The Hall–Kier alpha value is -1.27. The van der Waals surface area contributed by atoms with Gasteiger partial charge in [-0.2, -0.15) is 5.10 Å². The Morgan fingerprint density at radius 1 is 1.47 bits per heavy atom. The molecule has 2 aromatic rings. The Kier molecular flexibility index (Phi) is 3.54. The maximum absolute atomic E-state index is 10.3. The van der Waals surface area contributed by atoms with Crippen LogP contribution in [0.5, 0.6) is 0 Å². The normalized spacial score (nSPS) is 13.2. The molecule has 2 aromatic heterocycles. The van der Waals surface area contributed by atoms with Gasteiger partial charge in [-0.25, -0.2) is 0 Å². The van der Waals surface area contributed by atoms with E-state index in [1.54, 1.807) is 10.9 Å². The second-order valence-electron chi connectivity index (χ2n) is 4.21. The van der Waals surface area contributed by atoms with E-state index in [1.807, 2.05) is 27.0 Å². The first kappa shape index (κ1) is 12.2. The summed E-state index contributed by atoms with van der Waals surface area (Å²) in [5, 5.41) is 18.5. The molecule has 2 rings (SSSR count). The quantitative estimate of drug-likeness (QED) is 0.903. The summed E-state index contributed by atoms with van der Waals surface area (Å²) in [6.45, 7) is 6.90. The molecule has 6 heteroatoms. The molecule has 0 amide bonds. The largest absolute Gasteiger partial charge is 0.383 e. The van der Waals surface area contributed by atoms with Crippen molar-refractivity contribution >= 4 is 11.5 Å². The van der Waals surface area contributed by atoms with Gasteiger partial charge in [0, 0.05) is 18.3 Å². The number of hydrogen-bond donors (Lipinski definition) is 1. The minimum absolute atomic E-state index is 0.264. The molecule has 0 fully saturated rings. The Balaban J connectivity index is 2.30. The molecule has 0 aliphatic carbocycles. The highest BCUT2D eigenvalue weighted by Crippen LogP contribution is 2.30. The van der Waals surface area contributed by atoms with E-state index in [4.69, 9.17) is 0 Å². The molecule has 0 aliphatic heterocycles. The highest BCUT2D eigenvalue weighted by molar-refractivity contribution is 7.05. The van der Waals surface area contributed by atoms with Crippen molar-refractivity contribution in [3.63, 3.8) is 0 Å². The lowest BCUT2D eigenvalue weighted by atomic mass is 10.0. The molecule has 0 bridgehead atoms. The molecule has 1 unspecified atom stereocenters. The lowest BCUT2D eigenvalue weighted by Gasteiger charge is -2.09. The summed E-state index contributed by atoms with van der Waals surface area (Å²) >= 11 is 1.25. The minimum atomic E-state index is -0.673. The molecule has 0 radical (unpaired) electrons. The fraction of sp³-hybridized carbons (Fsp3) is 0.545. The van der Waals surface area contributed by atoms with Crippen molar-refractivity contribution in [2.45, 2.75) is 39.3 Å². The van der Waals surface area contributed by atoms with Crippen LogP contribution in [0.15, 0.2) is 12.4 Å². The summed E-state index contributed by atoms with van der Waals surface area (Å²) in [4.78, 5) is 0.815. The zero-order chi connectivity index (χ0) is 12.4. The third kappa shape index (κ3) is 2.37. The van der Waals surface area contributed by atoms with Gasteiger partial charge in [-0.3, -0.25) is 4.68 Å². The number of rotatable bonds is 4. The van der Waals surface area contributed by atoms with Gasteiger partial charge in [0.25, 0.3) is 0 Å². The van der Waals surface area contributed by atoms with Gasteiger partial charge < -0.3 is 5.11 Å². The Bertz CT molecular complexity index is 491. The smallest absolute Gasteiger partial charge is 0.120 e. The zero-order valence-corrected chi connectivity index (χ0v) is 11.0. The van der Waals surface area contributed by atoms with Gasteiger partial charge in [-0.05, 0) is 24.4 Å². The van der Waals surface area contributed by atoms with Crippen LogP contribution in [0.3, 0.4) is 0 Å². The number of aryl methyl sites for hydroxylation is 1. The molecule has 0 saturated carbocycles. The predicted molar refractivity (Wildman–Crippen MR) is 66.0 cm³/mol. The van der Waals surface area contributed by atoms with E-state index >= 15 is 0 Å². The van der Waals surface area contributed by atoms with Gasteiger partial charge in [-0.1, -0.05) is 18.3 Å². The fourth-order valence-corrected chi connectivity index (χ4v) is 2.46. The van der Waals surface area contributed by atoms with Crippen molar-refractivity contribution in [2.75, 3.05) is 0 Å². The average molecular weight is 252 g/mol. The van der Waals surface area contributed by atoms with Crippen LogP contribution < -0.4 is 0 Å². The number of nitrogens with zero attached hydrogens (tertiary/aromatic N) is 4. The van der Waals surface area contributed by atoms with Gasteiger partial charge in [0.15, 0.2) is 0 Å². The lowest BCUT2D eigenvalue weighted by molar-refractivity contribution is 0.222. The molecule has 0 aliphatic rings. The van der Waals surface area contributed by atoms with E-state index < -0.39 is 6.10 Å². The van der Waals surface area contributed by atoms with E-state index in [-0.39, 0.29) is 5.92 Å². The van der Waals surface area contributed by atoms with E-state index in [1.165, 1.54) is 11.5 Å². The number of hydrogen-bond acceptors (Lipinski definition) is 5. The number of aliphatic hydroxyl groups excluding tert-OH is 1. The maximum Gasteiger partial charge on any atom is 0.120 e. The summed E-state index contributed by atoms with van der Waals surface area (Å²) in [6, 6.07) is 0. The minimum Gasteiger partial charge on any atom is -0.383 e. The molecular weight excluding hydrogens is 236 g/mol. The summed E-state index contributed by atoms with van der Waals surface area (Å²) in [7, 11) is 0. The third-order valence-electron chi connectivity index (χ3n) is 2.63. The zero-order valence-electron chi connectivity index (χ0n) is 10.2. The van der Waals surface area contributed by atoms with E-state index in [2.05, 4.69) is 14.7 Å². The first-order valence-corrected chi connectivity index (χ1v) is 6.43. The number of aliphatic hydroxyl groups is 1. The molecule has 0 aromatic carbocycles. The van der Waals surface area contributed by atoms with Crippen LogP contribution >= 0.6 is 11.5 Å². The van der Waals surface area contributed by atoms with Crippen LogP contribution in [0, 0.1) is 0 Å². The highest BCUT2D eigenvalue weighted by atomic mass is 32.1. The van der Waals surface area contributed by atoms with Crippen molar-refractivity contribution < 1.29 is 5.11 Å². The summed E-state index contributed by atoms with van der Waals surface area (Å²) in [5.74, 6) is 0.264. The molecule has 0 saturated heterocycles. The van der Waals surface area contributed by atoms with Crippen LogP contribution in [0.25, 0.3) is 0 Å². The Morgan fingerprint density at radius 3 is 2.82 bits per heavy atom. The third-order valence-corrected chi connectivity index (χ3v) is 3.42. The van der Waals surface area contributed by atoms with E-state index in [9.17, 15) is 5.11 Å². The molecule has 1 atom stereocenters. The highest BCUT2D eigenvalue weighted by Gasteiger charge is 2.21. The van der Waals surface area contributed by atoms with Crippen molar-refractivity contribution in [1.82, 2.24) is 19.4 Å². The van der Waals surface area contributed by atoms with Crippen LogP contribution in [0.2, 0.25) is 0 Å². The van der Waals surface area contributed by atoms with Crippen LogP contribution in [0.1, 0.15) is 48.9 Å². The SMILES string of the molecule is CCn1cc(C(O)c2snnc2C(C)C)cn1. The van der Waals surface area contributed by atoms with Crippen LogP contribution in [-0.4, -0.2) is 24.5 Å². The molecule has 0 spiro atoms. The Labute approximate surface area is 104 Å². The van der Waals surface area contributed by atoms with Crippen molar-refractivity contribution in [3.8, 4) is 0 Å². The molecule has 1 N–H and O–H groups in total. The standard InChI is InChI=1S/C11H16N4OS/c1-4-15-6-8(5-12-15)10(16)11-9(7(2)3)13-14-17-11/h5-7,10,16H,4H2,1-3H3. The van der Waals surface area contributed by atoms with Crippen LogP contribution in [-0.2, 0) is 6.54 Å². The fourth-order valence-electron chi connectivity index (χ4n) is 1.64. The molecule has 5 nitrogen and oxygen atoms in total. The second-order valence-corrected chi connectivity index (χ2v) is 4.99. The topological polar surface area (TPSA) is 63.8 Å². The predicted octanol–water partition coefficient (Wildman–Crippen LogP) is 1.96. The molecule has 2 heterocycles. The first-order valence-electron chi connectivity index (χ1n) is 5.66. The van der Waals surface area contributed by atoms with Crippen molar-refractivity contribution in [1.29, 1.82) is 0 Å². The van der Waals surface area contributed by atoms with E-state index in [0.717, 1.165) is 22.7 Å². The number of aromatic nitrogens is 4. The van der Waals surface area contributed by atoms with Crippen LogP contribution in [0.4, 0.5) is 0 Å². The summed E-state index contributed by atoms with van der Waals surface area (Å²) < 4.78 is 5.72. The monoisotopic (exact) mass is 252 g/mol.